The molecule has 1 aromatic carbocycles. The molecule has 3 aromatic rings. The predicted molar refractivity (Wildman–Crippen MR) is 128 cm³/mol. The van der Waals surface area contributed by atoms with Crippen molar-refractivity contribution in [3.8, 4) is 0 Å². The lowest BCUT2D eigenvalue weighted by Gasteiger charge is -2.28. The Hall–Kier alpha value is -2.89. The van der Waals surface area contributed by atoms with Gasteiger partial charge in [-0.1, -0.05) is 11.8 Å². The van der Waals surface area contributed by atoms with Gasteiger partial charge in [-0.3, -0.25) is 9.36 Å². The fourth-order valence-corrected chi connectivity index (χ4v) is 5.24. The van der Waals surface area contributed by atoms with Gasteiger partial charge in [0.05, 0.1) is 25.9 Å². The fraction of sp³-hybridized carbons (Fsp3) is 0.478. The number of morpholine rings is 1. The van der Waals surface area contributed by atoms with Gasteiger partial charge >= 0.3 is 5.63 Å². The molecule has 1 N–H and O–H groups in total. The number of anilines is 2. The molecule has 1 unspecified atom stereocenters. The molecule has 1 amide bonds. The van der Waals surface area contributed by atoms with Crippen molar-refractivity contribution in [2.24, 2.45) is 0 Å². The van der Waals surface area contributed by atoms with Gasteiger partial charge in [0, 0.05) is 55.6 Å². The number of carbonyl (C=O) groups excluding carboxylic acids is 1. The summed E-state index contributed by atoms with van der Waals surface area (Å²) in [5.74, 6) is 1.17. The van der Waals surface area contributed by atoms with Gasteiger partial charge in [-0.15, -0.1) is 10.2 Å². The molecule has 180 valence electrons. The number of benzene rings is 1. The van der Waals surface area contributed by atoms with Crippen LogP contribution in [0.2, 0.25) is 0 Å². The van der Waals surface area contributed by atoms with Crippen LogP contribution >= 0.6 is 11.8 Å². The Morgan fingerprint density at radius 2 is 2.06 bits per heavy atom. The SMILES string of the molecule is CC(=O)Nc1ccc2c(CSc3nnc(N4CCOCC4)n3CC3CCCO3)cc(=O)oc2c1. The maximum absolute atomic E-state index is 12.2. The highest BCUT2D eigenvalue weighted by Crippen LogP contribution is 2.30. The first-order valence-corrected chi connectivity index (χ1v) is 12.4. The number of hydrogen-bond acceptors (Lipinski definition) is 9. The van der Waals surface area contributed by atoms with Crippen LogP contribution in [0, 0.1) is 0 Å². The number of amides is 1. The average Bonchev–Trinajstić information content (AvgIpc) is 3.48. The zero-order valence-electron chi connectivity index (χ0n) is 19.0. The third-order valence-electron chi connectivity index (χ3n) is 5.91. The summed E-state index contributed by atoms with van der Waals surface area (Å²) in [4.78, 5) is 25.8. The minimum atomic E-state index is -0.432. The first kappa shape index (κ1) is 22.9. The summed E-state index contributed by atoms with van der Waals surface area (Å²) in [7, 11) is 0. The van der Waals surface area contributed by atoms with Crippen molar-refractivity contribution < 1.29 is 18.7 Å². The van der Waals surface area contributed by atoms with Crippen LogP contribution in [-0.2, 0) is 26.6 Å². The second kappa shape index (κ2) is 10.2. The molecular formula is C23H27N5O5S. The fourth-order valence-electron chi connectivity index (χ4n) is 4.31. The van der Waals surface area contributed by atoms with Gasteiger partial charge in [0.2, 0.25) is 11.9 Å². The highest BCUT2D eigenvalue weighted by molar-refractivity contribution is 7.98. The number of nitrogens with zero attached hydrogens (tertiary/aromatic N) is 4. The lowest BCUT2D eigenvalue weighted by Crippen LogP contribution is -2.38. The summed E-state index contributed by atoms with van der Waals surface area (Å²) in [5, 5.41) is 13.3. The number of hydrogen-bond donors (Lipinski definition) is 1. The quantitative estimate of drug-likeness (QED) is 0.399. The van der Waals surface area contributed by atoms with Gasteiger partial charge < -0.3 is 24.1 Å². The zero-order valence-corrected chi connectivity index (χ0v) is 19.8. The van der Waals surface area contributed by atoms with Crippen LogP contribution in [0.25, 0.3) is 11.0 Å². The van der Waals surface area contributed by atoms with Crippen molar-refractivity contribution in [1.82, 2.24) is 14.8 Å². The first-order valence-electron chi connectivity index (χ1n) is 11.4. The van der Waals surface area contributed by atoms with Crippen molar-refractivity contribution in [1.29, 1.82) is 0 Å². The molecule has 0 radical (unpaired) electrons. The number of nitrogens with one attached hydrogen (secondary N) is 1. The molecule has 0 aliphatic carbocycles. The number of carbonyl (C=O) groups is 1. The van der Waals surface area contributed by atoms with E-state index < -0.39 is 5.63 Å². The van der Waals surface area contributed by atoms with Crippen LogP contribution in [0.15, 0.2) is 38.6 Å². The van der Waals surface area contributed by atoms with E-state index in [1.165, 1.54) is 24.8 Å². The van der Waals surface area contributed by atoms with Crippen LogP contribution in [0.1, 0.15) is 25.3 Å². The maximum Gasteiger partial charge on any atom is 0.336 e. The third-order valence-corrected chi connectivity index (χ3v) is 6.92. The summed E-state index contributed by atoms with van der Waals surface area (Å²) in [6.07, 6.45) is 2.23. The van der Waals surface area contributed by atoms with Crippen LogP contribution in [-0.4, -0.2) is 59.7 Å². The summed E-state index contributed by atoms with van der Waals surface area (Å²) < 4.78 is 18.9. The summed E-state index contributed by atoms with van der Waals surface area (Å²) in [6.45, 7) is 5.80. The number of ether oxygens (including phenoxy) is 2. The van der Waals surface area contributed by atoms with Crippen molar-refractivity contribution in [2.45, 2.75) is 43.3 Å². The minimum absolute atomic E-state index is 0.145. The van der Waals surface area contributed by atoms with E-state index in [0.29, 0.717) is 36.8 Å². The Kier molecular flexibility index (Phi) is 6.84. The van der Waals surface area contributed by atoms with Gasteiger partial charge in [-0.2, -0.15) is 0 Å². The van der Waals surface area contributed by atoms with E-state index in [1.54, 1.807) is 12.1 Å². The Morgan fingerprint density at radius 1 is 1.21 bits per heavy atom. The first-order chi connectivity index (χ1) is 16.6. The Morgan fingerprint density at radius 3 is 2.82 bits per heavy atom. The Bertz CT molecular complexity index is 1230. The molecule has 5 rings (SSSR count). The third kappa shape index (κ3) is 5.11. The zero-order chi connectivity index (χ0) is 23.5. The van der Waals surface area contributed by atoms with Gasteiger partial charge in [0.25, 0.3) is 0 Å². The second-order valence-corrected chi connectivity index (χ2v) is 9.34. The summed E-state index contributed by atoms with van der Waals surface area (Å²) in [5.41, 5.74) is 1.42. The van der Waals surface area contributed by atoms with E-state index in [-0.39, 0.29) is 12.0 Å². The molecule has 4 heterocycles. The molecule has 0 spiro atoms. The van der Waals surface area contributed by atoms with E-state index in [1.807, 2.05) is 6.07 Å². The summed E-state index contributed by atoms with van der Waals surface area (Å²) >= 11 is 1.53. The molecule has 2 aliphatic rings. The Balaban J connectivity index is 1.41. The number of rotatable bonds is 7. The van der Waals surface area contributed by atoms with Gasteiger partial charge in [-0.05, 0) is 30.5 Å². The average molecular weight is 486 g/mol. The minimum Gasteiger partial charge on any atom is -0.423 e. The van der Waals surface area contributed by atoms with Crippen LogP contribution in [0.3, 0.4) is 0 Å². The maximum atomic E-state index is 12.2. The molecule has 2 fully saturated rings. The lowest BCUT2D eigenvalue weighted by molar-refractivity contribution is -0.114. The van der Waals surface area contributed by atoms with E-state index in [9.17, 15) is 9.59 Å². The number of aromatic nitrogens is 3. The monoisotopic (exact) mass is 485 g/mol. The van der Waals surface area contributed by atoms with Crippen molar-refractivity contribution in [3.05, 3.63) is 40.2 Å². The molecule has 2 aliphatic heterocycles. The molecule has 0 bridgehead atoms. The smallest absolute Gasteiger partial charge is 0.336 e. The van der Waals surface area contributed by atoms with Crippen LogP contribution in [0.5, 0.6) is 0 Å². The molecular weight excluding hydrogens is 458 g/mol. The van der Waals surface area contributed by atoms with Crippen molar-refractivity contribution >= 4 is 40.3 Å². The molecule has 0 saturated carbocycles. The van der Waals surface area contributed by atoms with Crippen molar-refractivity contribution in [3.63, 3.8) is 0 Å². The van der Waals surface area contributed by atoms with Gasteiger partial charge in [-0.25, -0.2) is 4.79 Å². The molecule has 10 nitrogen and oxygen atoms in total. The molecule has 1 atom stereocenters. The standard InChI is InChI=1S/C23H27N5O5S/c1-15(29)24-17-4-5-19-16(11-21(30)33-20(19)12-17)14-34-23-26-25-22(27-6-9-31-10-7-27)28(23)13-18-3-2-8-32-18/h4-5,11-12,18H,2-3,6-10,13-14H2,1H3,(H,24,29). The van der Waals surface area contributed by atoms with Gasteiger partial charge in [0.15, 0.2) is 5.16 Å². The highest BCUT2D eigenvalue weighted by atomic mass is 32.2. The highest BCUT2D eigenvalue weighted by Gasteiger charge is 2.25. The normalized spacial score (nSPS) is 18.5. The van der Waals surface area contributed by atoms with Crippen molar-refractivity contribution in [2.75, 3.05) is 43.1 Å². The van der Waals surface area contributed by atoms with E-state index >= 15 is 0 Å². The number of thioether (sulfide) groups is 1. The topological polar surface area (TPSA) is 112 Å². The van der Waals surface area contributed by atoms with Crippen LogP contribution in [0.4, 0.5) is 11.6 Å². The van der Waals surface area contributed by atoms with Gasteiger partial charge in [0.1, 0.15) is 5.58 Å². The summed E-state index contributed by atoms with van der Waals surface area (Å²) in [6, 6.07) is 6.84. The predicted octanol–water partition coefficient (Wildman–Crippen LogP) is 2.65. The van der Waals surface area contributed by atoms with Crippen LogP contribution < -0.4 is 15.8 Å². The largest absolute Gasteiger partial charge is 0.423 e. The van der Waals surface area contributed by atoms with E-state index in [2.05, 4.69) is 25.0 Å². The molecule has 11 heteroatoms. The number of fused-ring (bicyclic) bond motifs is 1. The molecule has 34 heavy (non-hydrogen) atoms. The Labute approximate surface area is 200 Å². The van der Waals surface area contributed by atoms with E-state index in [0.717, 1.165) is 54.6 Å². The van der Waals surface area contributed by atoms with E-state index in [4.69, 9.17) is 13.9 Å². The lowest BCUT2D eigenvalue weighted by atomic mass is 10.1. The second-order valence-electron chi connectivity index (χ2n) is 8.40. The molecule has 2 saturated heterocycles. The molecule has 2 aromatic heterocycles.